The molecule has 0 aliphatic heterocycles. The fourth-order valence-electron chi connectivity index (χ4n) is 1.24. The van der Waals surface area contributed by atoms with Crippen molar-refractivity contribution in [2.24, 2.45) is 5.92 Å². The van der Waals surface area contributed by atoms with Crippen LogP contribution in [-0.2, 0) is 9.47 Å². The van der Waals surface area contributed by atoms with Crippen LogP contribution in [0.4, 0.5) is 0 Å². The topological polar surface area (TPSA) is 18.5 Å². The third kappa shape index (κ3) is 5.23. The zero-order valence-corrected chi connectivity index (χ0v) is 9.35. The maximum atomic E-state index is 5.39. The molecule has 0 spiro atoms. The summed E-state index contributed by atoms with van der Waals surface area (Å²) in [6, 6.07) is 10.1. The van der Waals surface area contributed by atoms with E-state index in [1.165, 1.54) is 0 Å². The van der Waals surface area contributed by atoms with Crippen molar-refractivity contribution in [3.63, 3.8) is 0 Å². The average molecular weight is 206 g/mol. The van der Waals surface area contributed by atoms with E-state index in [9.17, 15) is 0 Å². The molecule has 0 saturated heterocycles. The highest BCUT2D eigenvalue weighted by molar-refractivity contribution is 5.47. The predicted octanol–water partition coefficient (Wildman–Crippen LogP) is 2.96. The van der Waals surface area contributed by atoms with Gasteiger partial charge in [-0.3, -0.25) is 0 Å². The van der Waals surface area contributed by atoms with Crippen LogP contribution in [0.15, 0.2) is 36.6 Å². The molecule has 15 heavy (non-hydrogen) atoms. The molecular weight excluding hydrogens is 188 g/mol. The van der Waals surface area contributed by atoms with E-state index in [0.29, 0.717) is 12.5 Å². The van der Waals surface area contributed by atoms with Crippen molar-refractivity contribution in [2.75, 3.05) is 20.3 Å². The third-order valence-electron chi connectivity index (χ3n) is 1.99. The Balaban J connectivity index is 2.23. The van der Waals surface area contributed by atoms with Crippen LogP contribution in [0.2, 0.25) is 0 Å². The molecule has 0 heterocycles. The van der Waals surface area contributed by atoms with E-state index < -0.39 is 0 Å². The van der Waals surface area contributed by atoms with Crippen LogP contribution in [-0.4, -0.2) is 20.3 Å². The zero-order chi connectivity index (χ0) is 10.9. The van der Waals surface area contributed by atoms with E-state index in [1.54, 1.807) is 13.4 Å². The summed E-state index contributed by atoms with van der Waals surface area (Å²) in [6.45, 7) is 3.52. The van der Waals surface area contributed by atoms with E-state index in [0.717, 1.165) is 12.2 Å². The molecule has 0 radical (unpaired) electrons. The number of ether oxygens (including phenoxy) is 2. The molecule has 0 saturated carbocycles. The Morgan fingerprint density at radius 2 is 1.93 bits per heavy atom. The Morgan fingerprint density at radius 3 is 2.60 bits per heavy atom. The Kier molecular flexibility index (Phi) is 5.56. The molecule has 0 fully saturated rings. The molecule has 0 amide bonds. The first kappa shape index (κ1) is 11.8. The summed E-state index contributed by atoms with van der Waals surface area (Å²) in [7, 11) is 1.70. The summed E-state index contributed by atoms with van der Waals surface area (Å²) in [6.07, 6.45) is 3.70. The van der Waals surface area contributed by atoms with Crippen LogP contribution >= 0.6 is 0 Å². The minimum absolute atomic E-state index is 0.426. The zero-order valence-electron chi connectivity index (χ0n) is 9.35. The standard InChI is InChI=1S/C13H18O2/c1-12(10-14-2)11-15-9-8-13-6-4-3-5-7-13/h3-9,12H,10-11H2,1-2H3. The minimum atomic E-state index is 0.426. The van der Waals surface area contributed by atoms with Gasteiger partial charge in [-0.1, -0.05) is 37.3 Å². The van der Waals surface area contributed by atoms with Gasteiger partial charge in [0.25, 0.3) is 0 Å². The first-order valence-electron chi connectivity index (χ1n) is 5.15. The Labute approximate surface area is 91.5 Å². The Hall–Kier alpha value is -1.28. The lowest BCUT2D eigenvalue weighted by Crippen LogP contribution is -2.09. The highest BCUT2D eigenvalue weighted by atomic mass is 16.5. The van der Waals surface area contributed by atoms with Crippen LogP contribution < -0.4 is 0 Å². The number of methoxy groups -OCH3 is 1. The van der Waals surface area contributed by atoms with E-state index in [1.807, 2.05) is 36.4 Å². The van der Waals surface area contributed by atoms with Gasteiger partial charge < -0.3 is 9.47 Å². The second kappa shape index (κ2) is 7.07. The quantitative estimate of drug-likeness (QED) is 0.666. The molecule has 0 aromatic heterocycles. The molecule has 0 N–H and O–H groups in total. The first-order valence-corrected chi connectivity index (χ1v) is 5.15. The molecule has 0 bridgehead atoms. The smallest absolute Gasteiger partial charge is 0.0920 e. The van der Waals surface area contributed by atoms with E-state index in [4.69, 9.17) is 9.47 Å². The molecule has 0 aliphatic rings. The fourth-order valence-corrected chi connectivity index (χ4v) is 1.24. The van der Waals surface area contributed by atoms with Crippen LogP contribution in [0.1, 0.15) is 12.5 Å². The molecule has 1 rings (SSSR count). The van der Waals surface area contributed by atoms with Crippen molar-refractivity contribution in [3.05, 3.63) is 42.2 Å². The van der Waals surface area contributed by atoms with E-state index in [-0.39, 0.29) is 0 Å². The summed E-state index contributed by atoms with van der Waals surface area (Å²) < 4.78 is 10.4. The monoisotopic (exact) mass is 206 g/mol. The maximum Gasteiger partial charge on any atom is 0.0920 e. The molecular formula is C13H18O2. The number of benzene rings is 1. The summed E-state index contributed by atoms with van der Waals surface area (Å²) in [4.78, 5) is 0. The van der Waals surface area contributed by atoms with Gasteiger partial charge >= 0.3 is 0 Å². The summed E-state index contributed by atoms with van der Waals surface area (Å²) in [5, 5.41) is 0. The molecule has 1 aromatic rings. The van der Waals surface area contributed by atoms with Crippen molar-refractivity contribution < 1.29 is 9.47 Å². The van der Waals surface area contributed by atoms with Gasteiger partial charge in [0.15, 0.2) is 0 Å². The third-order valence-corrected chi connectivity index (χ3v) is 1.99. The van der Waals surface area contributed by atoms with Gasteiger partial charge in [-0.25, -0.2) is 0 Å². The lowest BCUT2D eigenvalue weighted by atomic mass is 10.2. The van der Waals surface area contributed by atoms with Crippen LogP contribution in [0.5, 0.6) is 0 Å². The van der Waals surface area contributed by atoms with E-state index >= 15 is 0 Å². The summed E-state index contributed by atoms with van der Waals surface area (Å²) in [5.74, 6) is 0.426. The van der Waals surface area contributed by atoms with Gasteiger partial charge in [-0.2, -0.15) is 0 Å². The van der Waals surface area contributed by atoms with Crippen LogP contribution in [0.25, 0.3) is 6.08 Å². The predicted molar refractivity (Wildman–Crippen MR) is 62.5 cm³/mol. The normalized spacial score (nSPS) is 12.9. The first-order chi connectivity index (χ1) is 7.33. The van der Waals surface area contributed by atoms with Crippen molar-refractivity contribution in [1.82, 2.24) is 0 Å². The van der Waals surface area contributed by atoms with Crippen molar-refractivity contribution in [2.45, 2.75) is 6.92 Å². The molecule has 2 heteroatoms. The molecule has 82 valence electrons. The van der Waals surface area contributed by atoms with Crippen molar-refractivity contribution in [3.8, 4) is 0 Å². The molecule has 1 unspecified atom stereocenters. The van der Waals surface area contributed by atoms with Crippen LogP contribution in [0, 0.1) is 5.92 Å². The summed E-state index contributed by atoms with van der Waals surface area (Å²) in [5.41, 5.74) is 1.15. The van der Waals surface area contributed by atoms with Crippen molar-refractivity contribution in [1.29, 1.82) is 0 Å². The molecule has 2 nitrogen and oxygen atoms in total. The lowest BCUT2D eigenvalue weighted by Gasteiger charge is -2.08. The van der Waals surface area contributed by atoms with Gasteiger partial charge in [-0.05, 0) is 11.6 Å². The van der Waals surface area contributed by atoms with Gasteiger partial charge in [0.2, 0.25) is 0 Å². The van der Waals surface area contributed by atoms with Gasteiger partial charge in [0.05, 0.1) is 19.5 Å². The minimum Gasteiger partial charge on any atom is -0.501 e. The molecule has 1 atom stereocenters. The van der Waals surface area contributed by atoms with Gasteiger partial charge in [-0.15, -0.1) is 0 Å². The lowest BCUT2D eigenvalue weighted by molar-refractivity contribution is 0.111. The Bertz CT molecular complexity index is 280. The highest BCUT2D eigenvalue weighted by Crippen LogP contribution is 2.02. The molecule has 1 aromatic carbocycles. The second-order valence-corrected chi connectivity index (χ2v) is 3.61. The second-order valence-electron chi connectivity index (χ2n) is 3.61. The fraction of sp³-hybridized carbons (Fsp3) is 0.385. The number of rotatable bonds is 6. The Morgan fingerprint density at radius 1 is 1.20 bits per heavy atom. The van der Waals surface area contributed by atoms with Gasteiger partial charge in [0.1, 0.15) is 0 Å². The largest absolute Gasteiger partial charge is 0.501 e. The number of hydrogen-bond donors (Lipinski definition) is 0. The van der Waals surface area contributed by atoms with Gasteiger partial charge in [0, 0.05) is 13.0 Å². The maximum absolute atomic E-state index is 5.39. The summed E-state index contributed by atoms with van der Waals surface area (Å²) >= 11 is 0. The van der Waals surface area contributed by atoms with Crippen molar-refractivity contribution >= 4 is 6.08 Å². The van der Waals surface area contributed by atoms with Crippen LogP contribution in [0.3, 0.4) is 0 Å². The SMILES string of the molecule is COCC(C)COC=Cc1ccccc1. The highest BCUT2D eigenvalue weighted by Gasteiger charge is 1.98. The van der Waals surface area contributed by atoms with E-state index in [2.05, 4.69) is 6.92 Å². The number of hydrogen-bond acceptors (Lipinski definition) is 2. The average Bonchev–Trinajstić information content (AvgIpc) is 2.26. The molecule has 0 aliphatic carbocycles.